The molecule has 1 aromatic heterocycles. The van der Waals surface area contributed by atoms with Crippen LogP contribution in [0.25, 0.3) is 0 Å². The molecule has 1 heterocycles. The number of nitrogens with one attached hydrogen (secondary N) is 1. The van der Waals surface area contributed by atoms with Crippen molar-refractivity contribution in [2.75, 3.05) is 13.2 Å². The van der Waals surface area contributed by atoms with E-state index >= 15 is 0 Å². The van der Waals surface area contributed by atoms with Gasteiger partial charge < -0.3 is 10.1 Å². The molecule has 2 aromatic rings. The van der Waals surface area contributed by atoms with Crippen molar-refractivity contribution < 1.29 is 9.66 Å². The van der Waals surface area contributed by atoms with E-state index in [1.807, 2.05) is 18.2 Å². The second-order valence-corrected chi connectivity index (χ2v) is 5.06. The molecular weight excluding hydrogens is 278 g/mol. The molecule has 0 radical (unpaired) electrons. The van der Waals surface area contributed by atoms with Gasteiger partial charge in [0.2, 0.25) is 0 Å². The SMILES string of the molecule is O=[N+]([O-])c1cnc(OCCCNCc2ccccc2)s1. The molecule has 0 bridgehead atoms. The maximum atomic E-state index is 10.5. The number of aromatic nitrogens is 1. The van der Waals surface area contributed by atoms with Gasteiger partial charge in [-0.2, -0.15) is 0 Å². The highest BCUT2D eigenvalue weighted by molar-refractivity contribution is 7.16. The molecule has 0 fully saturated rings. The second kappa shape index (κ2) is 7.56. The van der Waals surface area contributed by atoms with Gasteiger partial charge >= 0.3 is 5.00 Å². The van der Waals surface area contributed by atoms with Crippen molar-refractivity contribution >= 4 is 16.3 Å². The van der Waals surface area contributed by atoms with Crippen LogP contribution >= 0.6 is 11.3 Å². The Bertz CT molecular complexity index is 545. The molecule has 2 rings (SSSR count). The van der Waals surface area contributed by atoms with E-state index in [1.54, 1.807) is 0 Å². The smallest absolute Gasteiger partial charge is 0.347 e. The fraction of sp³-hybridized carbons (Fsp3) is 0.308. The Hall–Kier alpha value is -1.99. The monoisotopic (exact) mass is 293 g/mol. The Morgan fingerprint density at radius 2 is 2.15 bits per heavy atom. The quantitative estimate of drug-likeness (QED) is 0.460. The van der Waals surface area contributed by atoms with Crippen LogP contribution in [0, 0.1) is 10.1 Å². The van der Waals surface area contributed by atoms with Crippen LogP contribution < -0.4 is 10.1 Å². The van der Waals surface area contributed by atoms with Crippen molar-refractivity contribution in [3.8, 4) is 5.19 Å². The third-order valence-electron chi connectivity index (χ3n) is 2.55. The van der Waals surface area contributed by atoms with Crippen LogP contribution in [0.15, 0.2) is 36.5 Å². The van der Waals surface area contributed by atoms with Gasteiger partial charge in [0.1, 0.15) is 6.20 Å². The molecule has 0 amide bonds. The fourth-order valence-electron chi connectivity index (χ4n) is 1.59. The molecule has 6 nitrogen and oxygen atoms in total. The summed E-state index contributed by atoms with van der Waals surface area (Å²) in [7, 11) is 0. The fourth-order valence-corrected chi connectivity index (χ4v) is 2.19. The molecule has 0 aliphatic rings. The first-order chi connectivity index (χ1) is 9.75. The summed E-state index contributed by atoms with van der Waals surface area (Å²) in [6.45, 7) is 2.14. The average molecular weight is 293 g/mol. The molecule has 0 aliphatic heterocycles. The van der Waals surface area contributed by atoms with Crippen molar-refractivity contribution in [1.29, 1.82) is 0 Å². The highest BCUT2D eigenvalue weighted by Crippen LogP contribution is 2.26. The van der Waals surface area contributed by atoms with Crippen LogP contribution in [0.2, 0.25) is 0 Å². The van der Waals surface area contributed by atoms with E-state index in [0.717, 1.165) is 30.8 Å². The number of benzene rings is 1. The van der Waals surface area contributed by atoms with Crippen molar-refractivity contribution in [3.63, 3.8) is 0 Å². The molecule has 0 saturated carbocycles. The lowest BCUT2D eigenvalue weighted by atomic mass is 10.2. The Labute approximate surface area is 120 Å². The largest absolute Gasteiger partial charge is 0.470 e. The normalized spacial score (nSPS) is 10.4. The van der Waals surface area contributed by atoms with Crippen LogP contribution in [-0.4, -0.2) is 23.1 Å². The predicted octanol–water partition coefficient (Wildman–Crippen LogP) is 2.61. The topological polar surface area (TPSA) is 77.3 Å². The van der Waals surface area contributed by atoms with Crippen LogP contribution in [0.5, 0.6) is 5.19 Å². The number of rotatable bonds is 8. The van der Waals surface area contributed by atoms with Crippen molar-refractivity contribution in [2.45, 2.75) is 13.0 Å². The average Bonchev–Trinajstić information content (AvgIpc) is 2.93. The lowest BCUT2D eigenvalue weighted by Gasteiger charge is -2.05. The van der Waals surface area contributed by atoms with Gasteiger partial charge in [-0.15, -0.1) is 0 Å². The number of hydrogen-bond acceptors (Lipinski definition) is 6. The number of nitrogens with zero attached hydrogens (tertiary/aromatic N) is 2. The number of hydrogen-bond donors (Lipinski definition) is 1. The Balaban J connectivity index is 1.58. The van der Waals surface area contributed by atoms with Crippen molar-refractivity contribution in [2.24, 2.45) is 0 Å². The lowest BCUT2D eigenvalue weighted by molar-refractivity contribution is -0.380. The molecule has 0 saturated heterocycles. The second-order valence-electron chi connectivity index (χ2n) is 4.09. The minimum Gasteiger partial charge on any atom is -0.470 e. The summed E-state index contributed by atoms with van der Waals surface area (Å²) >= 11 is 0.949. The first-order valence-corrected chi connectivity index (χ1v) is 7.05. The predicted molar refractivity (Wildman–Crippen MR) is 77.0 cm³/mol. The molecule has 1 aromatic carbocycles. The summed E-state index contributed by atoms with van der Waals surface area (Å²) in [6.07, 6.45) is 2.04. The Kier molecular flexibility index (Phi) is 5.45. The van der Waals surface area contributed by atoms with E-state index in [2.05, 4.69) is 22.4 Å². The zero-order chi connectivity index (χ0) is 14.2. The third kappa shape index (κ3) is 4.60. The van der Waals surface area contributed by atoms with E-state index < -0.39 is 4.92 Å². The Morgan fingerprint density at radius 1 is 1.35 bits per heavy atom. The van der Waals surface area contributed by atoms with Gasteiger partial charge in [0, 0.05) is 6.54 Å². The molecule has 20 heavy (non-hydrogen) atoms. The maximum absolute atomic E-state index is 10.5. The number of thiazole rings is 1. The van der Waals surface area contributed by atoms with Crippen LogP contribution in [0.3, 0.4) is 0 Å². The highest BCUT2D eigenvalue weighted by atomic mass is 32.1. The summed E-state index contributed by atoms with van der Waals surface area (Å²) < 4.78 is 5.35. The van der Waals surface area contributed by atoms with E-state index in [9.17, 15) is 10.1 Å². The molecule has 7 heteroatoms. The molecule has 1 N–H and O–H groups in total. The van der Waals surface area contributed by atoms with Gasteiger partial charge in [0.15, 0.2) is 0 Å². The van der Waals surface area contributed by atoms with Gasteiger partial charge in [0.25, 0.3) is 5.19 Å². The minimum absolute atomic E-state index is 0.00204. The zero-order valence-corrected chi connectivity index (χ0v) is 11.6. The maximum Gasteiger partial charge on any atom is 0.347 e. The van der Waals surface area contributed by atoms with Crippen LogP contribution in [-0.2, 0) is 6.54 Å². The molecule has 0 aliphatic carbocycles. The highest BCUT2D eigenvalue weighted by Gasteiger charge is 2.11. The minimum atomic E-state index is -0.466. The third-order valence-corrected chi connectivity index (χ3v) is 3.41. The first-order valence-electron chi connectivity index (χ1n) is 6.23. The summed E-state index contributed by atoms with van der Waals surface area (Å²) in [5.74, 6) is 0. The molecule has 0 atom stereocenters. The van der Waals surface area contributed by atoms with E-state index in [-0.39, 0.29) is 5.00 Å². The van der Waals surface area contributed by atoms with Gasteiger partial charge in [0.05, 0.1) is 11.5 Å². The Morgan fingerprint density at radius 3 is 2.85 bits per heavy atom. The van der Waals surface area contributed by atoms with E-state index in [0.29, 0.717) is 11.8 Å². The summed E-state index contributed by atoms with van der Waals surface area (Å²) in [4.78, 5) is 13.8. The van der Waals surface area contributed by atoms with Gasteiger partial charge in [-0.05, 0) is 29.9 Å². The van der Waals surface area contributed by atoms with Gasteiger partial charge in [-0.1, -0.05) is 30.3 Å². The van der Waals surface area contributed by atoms with Crippen molar-refractivity contribution in [1.82, 2.24) is 10.3 Å². The lowest BCUT2D eigenvalue weighted by Crippen LogP contribution is -2.16. The van der Waals surface area contributed by atoms with Gasteiger partial charge in [-0.25, -0.2) is 4.98 Å². The molecular formula is C13H15N3O3S. The molecule has 0 spiro atoms. The standard InChI is InChI=1S/C13H15N3O3S/c17-16(18)12-10-15-13(20-12)19-8-4-7-14-9-11-5-2-1-3-6-11/h1-3,5-6,10,14H,4,7-9H2. The van der Waals surface area contributed by atoms with E-state index in [1.165, 1.54) is 11.8 Å². The summed E-state index contributed by atoms with van der Waals surface area (Å²) in [6, 6.07) is 10.1. The molecule has 0 unspecified atom stereocenters. The first kappa shape index (κ1) is 14.4. The zero-order valence-electron chi connectivity index (χ0n) is 10.8. The van der Waals surface area contributed by atoms with E-state index in [4.69, 9.17) is 4.74 Å². The van der Waals surface area contributed by atoms with Crippen LogP contribution in [0.4, 0.5) is 5.00 Å². The van der Waals surface area contributed by atoms with Crippen LogP contribution in [0.1, 0.15) is 12.0 Å². The van der Waals surface area contributed by atoms with Crippen molar-refractivity contribution in [3.05, 3.63) is 52.2 Å². The molecule has 106 valence electrons. The number of ether oxygens (including phenoxy) is 1. The summed E-state index contributed by atoms with van der Waals surface area (Å²) in [5.41, 5.74) is 1.24. The number of nitro groups is 1. The summed E-state index contributed by atoms with van der Waals surface area (Å²) in [5, 5.41) is 14.1. The van der Waals surface area contributed by atoms with Gasteiger partial charge in [-0.3, -0.25) is 10.1 Å².